The molecule has 0 bridgehead atoms. The first-order valence-corrected chi connectivity index (χ1v) is 8.84. The first kappa shape index (κ1) is 18.7. The van der Waals surface area contributed by atoms with E-state index in [1.165, 1.54) is 11.3 Å². The molecule has 3 aromatic rings. The van der Waals surface area contributed by atoms with Crippen LogP contribution in [0.15, 0.2) is 42.5 Å². The van der Waals surface area contributed by atoms with Gasteiger partial charge in [0.1, 0.15) is 11.5 Å². The van der Waals surface area contributed by atoms with E-state index in [1.54, 1.807) is 56.1 Å². The zero-order chi connectivity index (χ0) is 19.4. The van der Waals surface area contributed by atoms with Gasteiger partial charge in [-0.05, 0) is 47.9 Å². The Kier molecular flexibility index (Phi) is 5.58. The summed E-state index contributed by atoms with van der Waals surface area (Å²) >= 11 is 1.25. The Morgan fingerprint density at radius 2 is 1.89 bits per heavy atom. The maximum absolute atomic E-state index is 12.4. The number of anilines is 1. The number of carbonyl (C=O) groups excluding carboxylic acids is 2. The van der Waals surface area contributed by atoms with Gasteiger partial charge in [-0.15, -0.1) is 11.3 Å². The van der Waals surface area contributed by atoms with Gasteiger partial charge >= 0.3 is 0 Å². The van der Waals surface area contributed by atoms with Gasteiger partial charge in [0.2, 0.25) is 5.91 Å². The van der Waals surface area contributed by atoms with E-state index in [1.807, 2.05) is 6.07 Å². The summed E-state index contributed by atoms with van der Waals surface area (Å²) in [5.74, 6) is 0.489. The number of amides is 2. The maximum Gasteiger partial charge on any atom is 0.284 e. The van der Waals surface area contributed by atoms with Gasteiger partial charge in [-0.3, -0.25) is 14.8 Å². The number of nitrogens with one attached hydrogen (secondary N) is 2. The van der Waals surface area contributed by atoms with Gasteiger partial charge in [-0.2, -0.15) is 0 Å². The Balaban J connectivity index is 1.77. The lowest BCUT2D eigenvalue weighted by molar-refractivity contribution is -0.115. The second kappa shape index (κ2) is 8.07. The van der Waals surface area contributed by atoms with Crippen LogP contribution in [0.2, 0.25) is 0 Å². The highest BCUT2D eigenvalue weighted by molar-refractivity contribution is 7.20. The van der Waals surface area contributed by atoms with Gasteiger partial charge in [0.25, 0.3) is 5.91 Å². The number of fused-ring (bicyclic) bond motifs is 1. The molecule has 0 saturated heterocycles. The summed E-state index contributed by atoms with van der Waals surface area (Å²) in [7, 11) is 3.11. The molecule has 2 aromatic carbocycles. The van der Waals surface area contributed by atoms with E-state index in [0.29, 0.717) is 27.6 Å². The summed E-state index contributed by atoms with van der Waals surface area (Å²) in [5.41, 5.74) is 2.95. The normalized spacial score (nSPS) is 10.5. The van der Waals surface area contributed by atoms with Crippen LogP contribution in [0.5, 0.6) is 11.5 Å². The molecule has 7 nitrogen and oxygen atoms in total. The highest BCUT2D eigenvalue weighted by Crippen LogP contribution is 2.29. The largest absolute Gasteiger partial charge is 0.497 e. The third-order valence-electron chi connectivity index (χ3n) is 3.96. The fraction of sp³-hybridized carbons (Fsp3) is 0.158. The SMILES string of the molecule is COc1ccc(OC)c(CC(=O)Nc2ccc3sc(C(=O)NO)cc3c2)c1. The van der Waals surface area contributed by atoms with Crippen LogP contribution in [0.1, 0.15) is 15.2 Å². The van der Waals surface area contributed by atoms with E-state index >= 15 is 0 Å². The van der Waals surface area contributed by atoms with Crippen molar-refractivity contribution >= 4 is 38.9 Å². The molecule has 140 valence electrons. The minimum absolute atomic E-state index is 0.125. The zero-order valence-corrected chi connectivity index (χ0v) is 15.6. The number of hydroxylamine groups is 1. The fourth-order valence-corrected chi connectivity index (χ4v) is 3.62. The zero-order valence-electron chi connectivity index (χ0n) is 14.7. The Morgan fingerprint density at radius 1 is 1.07 bits per heavy atom. The van der Waals surface area contributed by atoms with Crippen molar-refractivity contribution in [1.29, 1.82) is 0 Å². The molecule has 0 fully saturated rings. The average Bonchev–Trinajstić information content (AvgIpc) is 3.10. The molecule has 0 atom stereocenters. The third-order valence-corrected chi connectivity index (χ3v) is 5.08. The van der Waals surface area contributed by atoms with Crippen molar-refractivity contribution in [2.24, 2.45) is 0 Å². The standard InChI is InChI=1S/C19H18N2O5S/c1-25-14-4-5-15(26-2)11(8-14)10-18(22)20-13-3-6-16-12(7-13)9-17(27-16)19(23)21-24/h3-9,24H,10H2,1-2H3,(H,20,22)(H,21,23). The number of ether oxygens (including phenoxy) is 2. The van der Waals surface area contributed by atoms with E-state index in [-0.39, 0.29) is 12.3 Å². The summed E-state index contributed by atoms with van der Waals surface area (Å²) in [4.78, 5) is 24.3. The molecule has 0 unspecified atom stereocenters. The molecule has 1 aromatic heterocycles. The number of hydrogen-bond donors (Lipinski definition) is 3. The first-order chi connectivity index (χ1) is 13.0. The Labute approximate surface area is 159 Å². The second-order valence-electron chi connectivity index (χ2n) is 5.71. The van der Waals surface area contributed by atoms with Crippen molar-refractivity contribution in [3.8, 4) is 11.5 Å². The third kappa shape index (κ3) is 4.18. The molecule has 0 aliphatic heterocycles. The van der Waals surface area contributed by atoms with Crippen molar-refractivity contribution in [2.75, 3.05) is 19.5 Å². The predicted molar refractivity (Wildman–Crippen MR) is 103 cm³/mol. The number of rotatable bonds is 6. The Bertz CT molecular complexity index is 999. The van der Waals surface area contributed by atoms with Gasteiger partial charge < -0.3 is 14.8 Å². The van der Waals surface area contributed by atoms with Crippen molar-refractivity contribution < 1.29 is 24.3 Å². The molecule has 8 heteroatoms. The molecular weight excluding hydrogens is 368 g/mol. The molecule has 0 aliphatic carbocycles. The smallest absolute Gasteiger partial charge is 0.284 e. The molecule has 0 aliphatic rings. The molecular formula is C19H18N2O5S. The van der Waals surface area contributed by atoms with Gasteiger partial charge in [0.15, 0.2) is 0 Å². The maximum atomic E-state index is 12.4. The number of methoxy groups -OCH3 is 2. The summed E-state index contributed by atoms with van der Waals surface area (Å²) in [5, 5.41) is 12.4. The minimum atomic E-state index is -0.563. The van der Waals surface area contributed by atoms with Crippen molar-refractivity contribution in [2.45, 2.75) is 6.42 Å². The van der Waals surface area contributed by atoms with Crippen LogP contribution in [0, 0.1) is 0 Å². The molecule has 0 radical (unpaired) electrons. The van der Waals surface area contributed by atoms with Crippen LogP contribution >= 0.6 is 11.3 Å². The van der Waals surface area contributed by atoms with Crippen LogP contribution in [0.3, 0.4) is 0 Å². The molecule has 1 heterocycles. The molecule has 3 N–H and O–H groups in total. The van der Waals surface area contributed by atoms with Gasteiger partial charge in [-0.1, -0.05) is 0 Å². The van der Waals surface area contributed by atoms with Crippen LogP contribution in [-0.2, 0) is 11.2 Å². The highest BCUT2D eigenvalue weighted by Gasteiger charge is 2.13. The lowest BCUT2D eigenvalue weighted by atomic mass is 10.1. The van der Waals surface area contributed by atoms with Crippen molar-refractivity contribution in [3.05, 3.63) is 52.9 Å². The second-order valence-corrected chi connectivity index (χ2v) is 6.79. The monoisotopic (exact) mass is 386 g/mol. The lowest BCUT2D eigenvalue weighted by Crippen LogP contribution is -2.16. The van der Waals surface area contributed by atoms with Gasteiger partial charge in [-0.25, -0.2) is 5.48 Å². The molecule has 0 spiro atoms. The molecule has 27 heavy (non-hydrogen) atoms. The van der Waals surface area contributed by atoms with E-state index in [0.717, 1.165) is 10.1 Å². The molecule has 0 saturated carbocycles. The van der Waals surface area contributed by atoms with E-state index < -0.39 is 5.91 Å². The van der Waals surface area contributed by atoms with Crippen molar-refractivity contribution in [3.63, 3.8) is 0 Å². The van der Waals surface area contributed by atoms with E-state index in [2.05, 4.69) is 5.32 Å². The topological polar surface area (TPSA) is 96.9 Å². The van der Waals surface area contributed by atoms with Crippen LogP contribution in [-0.4, -0.2) is 31.2 Å². The highest BCUT2D eigenvalue weighted by atomic mass is 32.1. The van der Waals surface area contributed by atoms with Crippen LogP contribution in [0.25, 0.3) is 10.1 Å². The average molecular weight is 386 g/mol. The Morgan fingerprint density at radius 3 is 2.59 bits per heavy atom. The van der Waals surface area contributed by atoms with E-state index in [9.17, 15) is 9.59 Å². The summed E-state index contributed by atoms with van der Waals surface area (Å²) in [6.07, 6.45) is 0.125. The number of carbonyl (C=O) groups is 2. The summed E-state index contributed by atoms with van der Waals surface area (Å²) in [6.45, 7) is 0. The molecule has 3 rings (SSSR count). The quantitative estimate of drug-likeness (QED) is 0.446. The van der Waals surface area contributed by atoms with Crippen LogP contribution < -0.4 is 20.3 Å². The lowest BCUT2D eigenvalue weighted by Gasteiger charge is -2.11. The number of thiophene rings is 1. The number of benzene rings is 2. The molecule has 2 amide bonds. The summed E-state index contributed by atoms with van der Waals surface area (Å²) in [6, 6.07) is 12.3. The van der Waals surface area contributed by atoms with Crippen molar-refractivity contribution in [1.82, 2.24) is 5.48 Å². The Hall–Kier alpha value is -3.10. The van der Waals surface area contributed by atoms with Gasteiger partial charge in [0, 0.05) is 16.0 Å². The summed E-state index contributed by atoms with van der Waals surface area (Å²) < 4.78 is 11.4. The first-order valence-electron chi connectivity index (χ1n) is 8.03. The van der Waals surface area contributed by atoms with Gasteiger partial charge in [0.05, 0.1) is 25.5 Å². The van der Waals surface area contributed by atoms with E-state index in [4.69, 9.17) is 14.7 Å². The predicted octanol–water partition coefficient (Wildman–Crippen LogP) is 3.22. The minimum Gasteiger partial charge on any atom is -0.497 e. The fourth-order valence-electron chi connectivity index (χ4n) is 2.69. The number of hydrogen-bond acceptors (Lipinski definition) is 6. The van der Waals surface area contributed by atoms with Crippen LogP contribution in [0.4, 0.5) is 5.69 Å².